The van der Waals surface area contributed by atoms with Gasteiger partial charge in [0.05, 0.1) is 17.2 Å². The third kappa shape index (κ3) is 2.81. The maximum atomic E-state index is 12.0. The number of fused-ring (bicyclic) bond motifs is 1. The molecule has 5 heteroatoms. The zero-order chi connectivity index (χ0) is 16.5. The topological polar surface area (TPSA) is 69.8 Å². The van der Waals surface area contributed by atoms with Gasteiger partial charge in [0.15, 0.2) is 0 Å². The van der Waals surface area contributed by atoms with E-state index in [0.29, 0.717) is 12.6 Å². The molecule has 1 amide bonds. The van der Waals surface area contributed by atoms with Gasteiger partial charge in [-0.1, -0.05) is 11.8 Å². The summed E-state index contributed by atoms with van der Waals surface area (Å²) >= 11 is 0. The van der Waals surface area contributed by atoms with Gasteiger partial charge in [-0.15, -0.1) is 0 Å². The summed E-state index contributed by atoms with van der Waals surface area (Å²) in [5, 5.41) is 6.35. The van der Waals surface area contributed by atoms with Crippen molar-refractivity contribution in [3.8, 4) is 23.1 Å². The lowest BCUT2D eigenvalue weighted by atomic mass is 10.1. The Labute approximate surface area is 141 Å². The zero-order valence-electron chi connectivity index (χ0n) is 13.6. The van der Waals surface area contributed by atoms with Crippen molar-refractivity contribution in [2.75, 3.05) is 6.54 Å². The number of hydrogen-bond acceptors (Lipinski definition) is 3. The van der Waals surface area contributed by atoms with E-state index >= 15 is 0 Å². The monoisotopic (exact) mass is 320 g/mol. The lowest BCUT2D eigenvalue weighted by Gasteiger charge is -2.11. The van der Waals surface area contributed by atoms with Gasteiger partial charge in [-0.3, -0.25) is 9.78 Å². The van der Waals surface area contributed by atoms with Crippen molar-refractivity contribution in [3.05, 3.63) is 41.3 Å². The smallest absolute Gasteiger partial charge is 0.253 e. The summed E-state index contributed by atoms with van der Waals surface area (Å²) in [5.41, 5.74) is 4.54. The minimum atomic E-state index is -0.00964. The van der Waals surface area contributed by atoms with Gasteiger partial charge in [-0.25, -0.2) is 0 Å². The Morgan fingerprint density at radius 3 is 3.00 bits per heavy atom. The summed E-state index contributed by atoms with van der Waals surface area (Å²) in [4.78, 5) is 19.6. The zero-order valence-corrected chi connectivity index (χ0v) is 13.6. The number of amides is 1. The number of carbonyl (C=O) groups is 1. The largest absolute Gasteiger partial charge is 0.358 e. The number of aromatic amines is 1. The van der Waals surface area contributed by atoms with E-state index in [1.807, 2.05) is 12.1 Å². The van der Waals surface area contributed by atoms with Crippen LogP contribution in [0, 0.1) is 11.8 Å². The molecule has 4 rings (SSSR count). The maximum absolute atomic E-state index is 12.0. The van der Waals surface area contributed by atoms with Crippen LogP contribution in [0.25, 0.3) is 11.3 Å². The molecular formula is C19H20N4O. The molecule has 1 saturated heterocycles. The highest BCUT2D eigenvalue weighted by Gasteiger charge is 2.21. The number of pyridine rings is 1. The van der Waals surface area contributed by atoms with Crippen LogP contribution in [0.5, 0.6) is 0 Å². The highest BCUT2D eigenvalue weighted by atomic mass is 16.1. The van der Waals surface area contributed by atoms with Crippen LogP contribution in [0.1, 0.15) is 41.4 Å². The SMILES string of the molecule is C[C@@H]1CC[C@@H](C#Cc2cnccc2-c2cc3c([nH]2)CCNC3=O)N1. The molecule has 0 saturated carbocycles. The van der Waals surface area contributed by atoms with Gasteiger partial charge in [0.1, 0.15) is 0 Å². The van der Waals surface area contributed by atoms with Crippen LogP contribution in [0.4, 0.5) is 0 Å². The first-order valence-electron chi connectivity index (χ1n) is 8.43. The molecule has 5 nitrogen and oxygen atoms in total. The van der Waals surface area contributed by atoms with Gasteiger partial charge in [-0.2, -0.15) is 0 Å². The van der Waals surface area contributed by atoms with Crippen LogP contribution in [0.3, 0.4) is 0 Å². The molecule has 0 aromatic carbocycles. The van der Waals surface area contributed by atoms with Crippen molar-refractivity contribution >= 4 is 5.91 Å². The van der Waals surface area contributed by atoms with Crippen LogP contribution in [-0.2, 0) is 6.42 Å². The van der Waals surface area contributed by atoms with E-state index < -0.39 is 0 Å². The van der Waals surface area contributed by atoms with E-state index in [1.54, 1.807) is 12.4 Å². The van der Waals surface area contributed by atoms with E-state index in [2.05, 4.69) is 39.4 Å². The number of nitrogens with zero attached hydrogens (tertiary/aromatic N) is 1. The van der Waals surface area contributed by atoms with E-state index in [1.165, 1.54) is 0 Å². The van der Waals surface area contributed by atoms with Crippen molar-refractivity contribution in [2.45, 2.75) is 38.3 Å². The van der Waals surface area contributed by atoms with E-state index in [0.717, 1.165) is 47.3 Å². The molecule has 2 aliphatic rings. The number of aromatic nitrogens is 2. The van der Waals surface area contributed by atoms with Crippen molar-refractivity contribution in [1.29, 1.82) is 0 Å². The Hall–Kier alpha value is -2.58. The molecule has 0 radical (unpaired) electrons. The highest BCUT2D eigenvalue weighted by molar-refractivity contribution is 5.98. The summed E-state index contributed by atoms with van der Waals surface area (Å²) in [6.45, 7) is 2.87. The van der Waals surface area contributed by atoms with Crippen LogP contribution < -0.4 is 10.6 Å². The Morgan fingerprint density at radius 2 is 2.21 bits per heavy atom. The lowest BCUT2D eigenvalue weighted by Crippen LogP contribution is -2.31. The van der Waals surface area contributed by atoms with Gasteiger partial charge < -0.3 is 15.6 Å². The normalized spacial score (nSPS) is 22.5. The van der Waals surface area contributed by atoms with Crippen LogP contribution in [0.2, 0.25) is 0 Å². The minimum Gasteiger partial charge on any atom is -0.358 e. The molecule has 2 atom stereocenters. The van der Waals surface area contributed by atoms with Crippen molar-refractivity contribution in [1.82, 2.24) is 20.6 Å². The number of H-pyrrole nitrogens is 1. The van der Waals surface area contributed by atoms with E-state index in [4.69, 9.17) is 0 Å². The van der Waals surface area contributed by atoms with Crippen LogP contribution >= 0.6 is 0 Å². The van der Waals surface area contributed by atoms with Gasteiger partial charge >= 0.3 is 0 Å². The summed E-state index contributed by atoms with van der Waals surface area (Å²) in [5.74, 6) is 6.58. The Kier molecular flexibility index (Phi) is 3.83. The summed E-state index contributed by atoms with van der Waals surface area (Å²) in [7, 11) is 0. The number of carbonyl (C=O) groups excluding carboxylic acids is 1. The van der Waals surface area contributed by atoms with E-state index in [9.17, 15) is 4.79 Å². The minimum absolute atomic E-state index is 0.00964. The summed E-state index contributed by atoms with van der Waals surface area (Å²) < 4.78 is 0. The average Bonchev–Trinajstić information content (AvgIpc) is 3.20. The number of hydrogen-bond donors (Lipinski definition) is 3. The predicted molar refractivity (Wildman–Crippen MR) is 92.6 cm³/mol. The van der Waals surface area contributed by atoms with Crippen LogP contribution in [0.15, 0.2) is 24.5 Å². The van der Waals surface area contributed by atoms with Gasteiger partial charge in [0.25, 0.3) is 5.91 Å². The fourth-order valence-electron chi connectivity index (χ4n) is 3.37. The number of nitrogens with one attached hydrogen (secondary N) is 3. The predicted octanol–water partition coefficient (Wildman–Crippen LogP) is 1.85. The fourth-order valence-corrected chi connectivity index (χ4v) is 3.37. The number of rotatable bonds is 1. The molecule has 3 N–H and O–H groups in total. The third-order valence-corrected chi connectivity index (χ3v) is 4.67. The molecule has 0 unspecified atom stereocenters. The van der Waals surface area contributed by atoms with Gasteiger partial charge in [0, 0.05) is 48.4 Å². The quantitative estimate of drug-likeness (QED) is 0.703. The molecule has 0 bridgehead atoms. The molecule has 0 spiro atoms. The van der Waals surface area contributed by atoms with Crippen molar-refractivity contribution < 1.29 is 4.79 Å². The Morgan fingerprint density at radius 1 is 1.29 bits per heavy atom. The second kappa shape index (κ2) is 6.14. The van der Waals surface area contributed by atoms with E-state index in [-0.39, 0.29) is 11.9 Å². The second-order valence-corrected chi connectivity index (χ2v) is 6.47. The first-order chi connectivity index (χ1) is 11.7. The second-order valence-electron chi connectivity index (χ2n) is 6.47. The van der Waals surface area contributed by atoms with Crippen molar-refractivity contribution in [3.63, 3.8) is 0 Å². The average molecular weight is 320 g/mol. The molecule has 0 aliphatic carbocycles. The molecule has 122 valence electrons. The molecule has 2 aromatic rings. The molecular weight excluding hydrogens is 300 g/mol. The maximum Gasteiger partial charge on any atom is 0.253 e. The Bertz CT molecular complexity index is 843. The molecule has 2 aliphatic heterocycles. The molecule has 1 fully saturated rings. The lowest BCUT2D eigenvalue weighted by molar-refractivity contribution is 0.0946. The fraction of sp³-hybridized carbons (Fsp3) is 0.368. The van der Waals surface area contributed by atoms with Crippen molar-refractivity contribution in [2.24, 2.45) is 0 Å². The Balaban J connectivity index is 1.67. The summed E-state index contributed by atoms with van der Waals surface area (Å²) in [6.07, 6.45) is 6.63. The third-order valence-electron chi connectivity index (χ3n) is 4.67. The highest BCUT2D eigenvalue weighted by Crippen LogP contribution is 2.26. The van der Waals surface area contributed by atoms with Crippen LogP contribution in [-0.4, -0.2) is 34.5 Å². The molecule has 4 heterocycles. The summed E-state index contributed by atoms with van der Waals surface area (Å²) in [6, 6.07) is 4.64. The first-order valence-corrected chi connectivity index (χ1v) is 8.43. The molecule has 2 aromatic heterocycles. The standard InChI is InChI=1S/C19H20N4O/c1-12-2-4-14(22-12)5-3-13-11-20-8-6-15(13)18-10-16-17(23-18)7-9-21-19(16)24/h6,8,10-12,14,22-23H,2,4,7,9H2,1H3,(H,21,24)/t12-,14+/m1/s1. The van der Waals surface area contributed by atoms with Gasteiger partial charge in [0.2, 0.25) is 0 Å². The first kappa shape index (κ1) is 15.0. The van der Waals surface area contributed by atoms with Gasteiger partial charge in [-0.05, 0) is 31.9 Å². The molecule has 24 heavy (non-hydrogen) atoms.